The van der Waals surface area contributed by atoms with E-state index in [9.17, 15) is 5.11 Å². The van der Waals surface area contributed by atoms with Gasteiger partial charge in [0.2, 0.25) is 0 Å². The number of halogens is 2. The van der Waals surface area contributed by atoms with Crippen LogP contribution in [-0.4, -0.2) is 5.11 Å². The average Bonchev–Trinajstić information content (AvgIpc) is 2.83. The molecule has 1 aliphatic carbocycles. The first-order valence-electron chi connectivity index (χ1n) is 4.69. The Labute approximate surface area is 93.7 Å². The fraction of sp³-hybridized carbons (Fsp3) is 0.455. The van der Waals surface area contributed by atoms with Crippen LogP contribution in [0.2, 0.25) is 10.0 Å². The van der Waals surface area contributed by atoms with E-state index in [1.165, 1.54) is 0 Å². The van der Waals surface area contributed by atoms with Crippen LogP contribution >= 0.6 is 23.2 Å². The lowest BCUT2D eigenvalue weighted by Gasteiger charge is -2.23. The summed E-state index contributed by atoms with van der Waals surface area (Å²) in [7, 11) is 0. The minimum absolute atomic E-state index is 0.358. The molecule has 0 amide bonds. The van der Waals surface area contributed by atoms with Gasteiger partial charge in [0.1, 0.15) is 0 Å². The van der Waals surface area contributed by atoms with E-state index in [-0.39, 0.29) is 0 Å². The van der Waals surface area contributed by atoms with Crippen molar-refractivity contribution >= 4 is 23.2 Å². The lowest BCUT2D eigenvalue weighted by atomic mass is 9.91. The Bertz CT molecular complexity index is 336. The average molecular weight is 231 g/mol. The van der Waals surface area contributed by atoms with Crippen molar-refractivity contribution in [2.45, 2.75) is 25.4 Å². The van der Waals surface area contributed by atoms with E-state index in [1.807, 2.05) is 6.92 Å². The maximum Gasteiger partial charge on any atom is 0.0897 e. The summed E-state index contributed by atoms with van der Waals surface area (Å²) in [5.41, 5.74) is 0.0339. The molecule has 76 valence electrons. The van der Waals surface area contributed by atoms with Crippen molar-refractivity contribution in [3.8, 4) is 0 Å². The summed E-state index contributed by atoms with van der Waals surface area (Å²) in [4.78, 5) is 0. The summed E-state index contributed by atoms with van der Waals surface area (Å²) in [5.74, 6) is 0.358. The molecule has 1 aromatic rings. The van der Waals surface area contributed by atoms with Crippen LogP contribution in [0.5, 0.6) is 0 Å². The predicted molar refractivity (Wildman–Crippen MR) is 58.8 cm³/mol. The molecule has 1 N–H and O–H groups in total. The summed E-state index contributed by atoms with van der Waals surface area (Å²) < 4.78 is 0. The molecule has 3 heteroatoms. The fourth-order valence-electron chi connectivity index (χ4n) is 1.73. The third kappa shape index (κ3) is 1.90. The van der Waals surface area contributed by atoms with Crippen LogP contribution < -0.4 is 0 Å². The molecule has 0 unspecified atom stereocenters. The molecule has 1 nitrogen and oxygen atoms in total. The highest BCUT2D eigenvalue weighted by Crippen LogP contribution is 2.46. The number of hydrogen-bond donors (Lipinski definition) is 1. The van der Waals surface area contributed by atoms with E-state index < -0.39 is 5.60 Å². The van der Waals surface area contributed by atoms with Crippen LogP contribution in [0, 0.1) is 5.92 Å². The van der Waals surface area contributed by atoms with E-state index in [4.69, 9.17) is 23.2 Å². The van der Waals surface area contributed by atoms with Gasteiger partial charge in [-0.2, -0.15) is 0 Å². The summed E-state index contributed by atoms with van der Waals surface area (Å²) in [6.45, 7) is 1.83. The maximum atomic E-state index is 10.3. The van der Waals surface area contributed by atoms with Crippen molar-refractivity contribution in [2.75, 3.05) is 0 Å². The monoisotopic (exact) mass is 230 g/mol. The molecule has 1 fully saturated rings. The lowest BCUT2D eigenvalue weighted by Crippen LogP contribution is -2.23. The van der Waals surface area contributed by atoms with E-state index in [0.717, 1.165) is 18.4 Å². The number of rotatable bonds is 2. The van der Waals surface area contributed by atoms with E-state index in [0.29, 0.717) is 16.0 Å². The highest BCUT2D eigenvalue weighted by Gasteiger charge is 2.41. The topological polar surface area (TPSA) is 20.2 Å². The second kappa shape index (κ2) is 3.41. The molecule has 0 saturated heterocycles. The molecular weight excluding hydrogens is 219 g/mol. The van der Waals surface area contributed by atoms with Gasteiger partial charge >= 0.3 is 0 Å². The van der Waals surface area contributed by atoms with Gasteiger partial charge in [-0.25, -0.2) is 0 Å². The summed E-state index contributed by atoms with van der Waals surface area (Å²) >= 11 is 11.8. The van der Waals surface area contributed by atoms with Crippen LogP contribution in [0.1, 0.15) is 25.3 Å². The fourth-order valence-corrected chi connectivity index (χ4v) is 2.25. The van der Waals surface area contributed by atoms with E-state index in [2.05, 4.69) is 0 Å². The highest BCUT2D eigenvalue weighted by molar-refractivity contribution is 6.34. The summed E-state index contributed by atoms with van der Waals surface area (Å²) in [6.07, 6.45) is 2.16. The van der Waals surface area contributed by atoms with Crippen molar-refractivity contribution in [1.29, 1.82) is 0 Å². The minimum atomic E-state index is -0.783. The normalized spacial score (nSPS) is 20.6. The molecule has 0 bridgehead atoms. The molecule has 1 atom stereocenters. The van der Waals surface area contributed by atoms with Gasteiger partial charge in [0.15, 0.2) is 0 Å². The first-order chi connectivity index (χ1) is 6.50. The van der Waals surface area contributed by atoms with Gasteiger partial charge in [0.05, 0.1) is 5.60 Å². The Kier molecular flexibility index (Phi) is 2.50. The zero-order chi connectivity index (χ0) is 10.3. The van der Waals surface area contributed by atoms with Crippen LogP contribution in [0.4, 0.5) is 0 Å². The van der Waals surface area contributed by atoms with Crippen molar-refractivity contribution in [2.24, 2.45) is 5.92 Å². The highest BCUT2D eigenvalue weighted by atomic mass is 35.5. The zero-order valence-electron chi connectivity index (χ0n) is 7.93. The Morgan fingerprint density at radius 3 is 2.14 bits per heavy atom. The molecule has 0 heterocycles. The van der Waals surface area contributed by atoms with Crippen LogP contribution in [0.3, 0.4) is 0 Å². The van der Waals surface area contributed by atoms with Crippen LogP contribution in [0.15, 0.2) is 18.2 Å². The predicted octanol–water partition coefficient (Wildman–Crippen LogP) is 3.61. The maximum absolute atomic E-state index is 10.3. The Hall–Kier alpha value is -0.240. The lowest BCUT2D eigenvalue weighted by molar-refractivity contribution is 0.0331. The quantitative estimate of drug-likeness (QED) is 0.824. The van der Waals surface area contributed by atoms with Crippen molar-refractivity contribution < 1.29 is 5.11 Å². The number of benzene rings is 1. The first-order valence-corrected chi connectivity index (χ1v) is 5.44. The second-order valence-electron chi connectivity index (χ2n) is 4.08. The van der Waals surface area contributed by atoms with Gasteiger partial charge in [-0.15, -0.1) is 0 Å². The second-order valence-corrected chi connectivity index (χ2v) is 4.95. The first kappa shape index (κ1) is 10.3. The molecular formula is C11H12Cl2O. The number of hydrogen-bond acceptors (Lipinski definition) is 1. The third-order valence-corrected chi connectivity index (χ3v) is 3.26. The molecule has 1 aromatic carbocycles. The minimum Gasteiger partial charge on any atom is -0.385 e. The molecule has 0 radical (unpaired) electrons. The van der Waals surface area contributed by atoms with Gasteiger partial charge in [0.25, 0.3) is 0 Å². The van der Waals surface area contributed by atoms with E-state index >= 15 is 0 Å². The standard InChI is InChI=1S/C11H12Cl2O/c1-11(14,7-2-3-7)8-4-9(12)6-10(13)5-8/h4-7,14H,2-3H2,1H3/t11-/m1/s1. The Morgan fingerprint density at radius 2 is 1.71 bits per heavy atom. The SMILES string of the molecule is C[C@](O)(c1cc(Cl)cc(Cl)c1)C1CC1. The van der Waals surface area contributed by atoms with Gasteiger partial charge < -0.3 is 5.11 Å². The van der Waals surface area contributed by atoms with Crippen molar-refractivity contribution in [3.63, 3.8) is 0 Å². The molecule has 0 aromatic heterocycles. The largest absolute Gasteiger partial charge is 0.385 e. The zero-order valence-corrected chi connectivity index (χ0v) is 9.44. The van der Waals surface area contributed by atoms with Gasteiger partial charge in [-0.05, 0) is 49.4 Å². The molecule has 1 saturated carbocycles. The molecule has 1 aliphatic rings. The molecule has 14 heavy (non-hydrogen) atoms. The van der Waals surface area contributed by atoms with Crippen molar-refractivity contribution in [1.82, 2.24) is 0 Å². The molecule has 2 rings (SSSR count). The number of aliphatic hydroxyl groups is 1. The molecule has 0 aliphatic heterocycles. The van der Waals surface area contributed by atoms with Crippen molar-refractivity contribution in [3.05, 3.63) is 33.8 Å². The van der Waals surface area contributed by atoms with Gasteiger partial charge in [-0.3, -0.25) is 0 Å². The summed E-state index contributed by atoms with van der Waals surface area (Å²) in [5, 5.41) is 11.4. The van der Waals surface area contributed by atoms with Gasteiger partial charge in [-0.1, -0.05) is 23.2 Å². The summed E-state index contributed by atoms with van der Waals surface area (Å²) in [6, 6.07) is 5.24. The molecule has 0 spiro atoms. The van der Waals surface area contributed by atoms with Gasteiger partial charge in [0, 0.05) is 10.0 Å². The third-order valence-electron chi connectivity index (χ3n) is 2.82. The van der Waals surface area contributed by atoms with Crippen LogP contribution in [0.25, 0.3) is 0 Å². The Morgan fingerprint density at radius 1 is 1.21 bits per heavy atom. The Balaban J connectivity index is 2.39. The van der Waals surface area contributed by atoms with Crippen LogP contribution in [-0.2, 0) is 5.60 Å². The smallest absolute Gasteiger partial charge is 0.0897 e. The van der Waals surface area contributed by atoms with E-state index in [1.54, 1.807) is 18.2 Å².